The third-order valence-corrected chi connectivity index (χ3v) is 7.15. The molecule has 7 heteroatoms. The molecule has 2 heterocycles. The Morgan fingerprint density at radius 3 is 2.41 bits per heavy atom. The van der Waals surface area contributed by atoms with Crippen molar-refractivity contribution in [3.8, 4) is 11.5 Å². The second-order valence-electron chi connectivity index (χ2n) is 6.99. The first kappa shape index (κ1) is 18.3. The Hall–Kier alpha value is -2.09. The summed E-state index contributed by atoms with van der Waals surface area (Å²) < 4.78 is 38.1. The van der Waals surface area contributed by atoms with Gasteiger partial charge in [-0.3, -0.25) is 4.90 Å². The molecule has 1 saturated heterocycles. The standard InChI is InChI=1S/C20H24N2O4S/c1-16(13-17-5-3-2-4-6-17)21-9-11-22(12-10-21)27(23,24)18-7-8-19-20(14-18)26-15-25-19/h2-8,14,16H,9-13,15H2,1H3. The molecule has 2 aromatic carbocycles. The smallest absolute Gasteiger partial charge is 0.243 e. The van der Waals surface area contributed by atoms with E-state index in [1.165, 1.54) is 5.56 Å². The number of hydrogen-bond donors (Lipinski definition) is 0. The number of ether oxygens (including phenoxy) is 2. The third-order valence-electron chi connectivity index (χ3n) is 5.25. The minimum absolute atomic E-state index is 0.136. The summed E-state index contributed by atoms with van der Waals surface area (Å²) in [7, 11) is -3.52. The molecule has 1 unspecified atom stereocenters. The molecule has 2 aliphatic heterocycles. The largest absolute Gasteiger partial charge is 0.454 e. The summed E-state index contributed by atoms with van der Waals surface area (Å²) in [6, 6.07) is 15.6. The second-order valence-corrected chi connectivity index (χ2v) is 8.93. The Balaban J connectivity index is 1.39. The van der Waals surface area contributed by atoms with Crippen LogP contribution < -0.4 is 9.47 Å². The maximum atomic E-state index is 13.0. The molecule has 0 spiro atoms. The van der Waals surface area contributed by atoms with Crippen LogP contribution in [0.3, 0.4) is 0 Å². The van der Waals surface area contributed by atoms with Gasteiger partial charge in [0, 0.05) is 38.3 Å². The number of nitrogens with zero attached hydrogens (tertiary/aromatic N) is 2. The second kappa shape index (κ2) is 7.50. The van der Waals surface area contributed by atoms with Crippen LogP contribution >= 0.6 is 0 Å². The Morgan fingerprint density at radius 2 is 1.67 bits per heavy atom. The van der Waals surface area contributed by atoms with Crippen LogP contribution in [0.2, 0.25) is 0 Å². The monoisotopic (exact) mass is 388 g/mol. The molecule has 0 aliphatic carbocycles. The lowest BCUT2D eigenvalue weighted by molar-refractivity contribution is 0.145. The lowest BCUT2D eigenvalue weighted by Gasteiger charge is -2.37. The number of benzene rings is 2. The quantitative estimate of drug-likeness (QED) is 0.787. The molecule has 0 aromatic heterocycles. The van der Waals surface area contributed by atoms with Gasteiger partial charge in [0.25, 0.3) is 0 Å². The summed E-state index contributed by atoms with van der Waals surface area (Å²) in [4.78, 5) is 2.62. The fraction of sp³-hybridized carbons (Fsp3) is 0.400. The van der Waals surface area contributed by atoms with Crippen LogP contribution in [-0.2, 0) is 16.4 Å². The molecule has 0 bridgehead atoms. The lowest BCUT2D eigenvalue weighted by atomic mass is 10.1. The van der Waals surface area contributed by atoms with Crippen molar-refractivity contribution >= 4 is 10.0 Å². The van der Waals surface area contributed by atoms with Crippen molar-refractivity contribution in [1.82, 2.24) is 9.21 Å². The van der Waals surface area contributed by atoms with E-state index in [0.29, 0.717) is 30.6 Å². The number of fused-ring (bicyclic) bond motifs is 1. The van der Waals surface area contributed by atoms with Gasteiger partial charge in [0.05, 0.1) is 4.90 Å². The highest BCUT2D eigenvalue weighted by Crippen LogP contribution is 2.34. The number of sulfonamides is 1. The van der Waals surface area contributed by atoms with Gasteiger partial charge in [-0.2, -0.15) is 4.31 Å². The zero-order chi connectivity index (χ0) is 18.9. The van der Waals surface area contributed by atoms with Crippen LogP contribution in [0.15, 0.2) is 53.4 Å². The molecule has 0 radical (unpaired) electrons. The molecule has 0 saturated carbocycles. The van der Waals surface area contributed by atoms with E-state index in [1.54, 1.807) is 22.5 Å². The van der Waals surface area contributed by atoms with Crippen molar-refractivity contribution in [3.63, 3.8) is 0 Å². The van der Waals surface area contributed by atoms with E-state index in [9.17, 15) is 8.42 Å². The maximum absolute atomic E-state index is 13.0. The Morgan fingerprint density at radius 1 is 0.963 bits per heavy atom. The first-order valence-electron chi connectivity index (χ1n) is 9.22. The summed E-state index contributed by atoms with van der Waals surface area (Å²) in [5, 5.41) is 0. The number of hydrogen-bond acceptors (Lipinski definition) is 5. The number of rotatable bonds is 5. The highest BCUT2D eigenvalue weighted by atomic mass is 32.2. The zero-order valence-electron chi connectivity index (χ0n) is 15.4. The first-order chi connectivity index (χ1) is 13.0. The molecule has 1 fully saturated rings. The molecule has 2 aliphatic rings. The molecular weight excluding hydrogens is 364 g/mol. The fourth-order valence-electron chi connectivity index (χ4n) is 3.66. The molecule has 4 rings (SSSR count). The molecule has 1 atom stereocenters. The predicted molar refractivity (Wildman–Crippen MR) is 103 cm³/mol. The molecule has 27 heavy (non-hydrogen) atoms. The number of piperazine rings is 1. The molecule has 0 amide bonds. The Labute approximate surface area is 160 Å². The van der Waals surface area contributed by atoms with Gasteiger partial charge in [-0.25, -0.2) is 8.42 Å². The van der Waals surface area contributed by atoms with Gasteiger partial charge in [-0.1, -0.05) is 30.3 Å². The van der Waals surface area contributed by atoms with E-state index in [1.807, 2.05) is 6.07 Å². The van der Waals surface area contributed by atoms with Gasteiger partial charge >= 0.3 is 0 Å². The van der Waals surface area contributed by atoms with Crippen molar-refractivity contribution in [1.29, 1.82) is 0 Å². The van der Waals surface area contributed by atoms with E-state index in [4.69, 9.17) is 9.47 Å². The van der Waals surface area contributed by atoms with Crippen molar-refractivity contribution in [2.24, 2.45) is 0 Å². The van der Waals surface area contributed by atoms with E-state index in [2.05, 4.69) is 36.1 Å². The van der Waals surface area contributed by atoms with Crippen molar-refractivity contribution < 1.29 is 17.9 Å². The fourth-order valence-corrected chi connectivity index (χ4v) is 5.09. The zero-order valence-corrected chi connectivity index (χ0v) is 16.2. The van der Waals surface area contributed by atoms with Crippen molar-refractivity contribution in [2.45, 2.75) is 24.3 Å². The minimum atomic E-state index is -3.52. The van der Waals surface area contributed by atoms with Gasteiger partial charge in [-0.05, 0) is 31.0 Å². The Bertz CT molecular complexity index is 893. The van der Waals surface area contributed by atoms with E-state index >= 15 is 0 Å². The highest BCUT2D eigenvalue weighted by molar-refractivity contribution is 7.89. The van der Waals surface area contributed by atoms with Gasteiger partial charge in [-0.15, -0.1) is 0 Å². The average molecular weight is 388 g/mol. The van der Waals surface area contributed by atoms with Crippen LogP contribution in [-0.4, -0.2) is 56.6 Å². The maximum Gasteiger partial charge on any atom is 0.243 e. The Kier molecular flexibility index (Phi) is 5.08. The summed E-state index contributed by atoms with van der Waals surface area (Å²) in [5.74, 6) is 1.08. The molecule has 0 N–H and O–H groups in total. The average Bonchev–Trinajstić information content (AvgIpc) is 3.17. The van der Waals surface area contributed by atoms with Crippen molar-refractivity contribution in [3.05, 3.63) is 54.1 Å². The van der Waals surface area contributed by atoms with Crippen LogP contribution in [0.5, 0.6) is 11.5 Å². The lowest BCUT2D eigenvalue weighted by Crippen LogP contribution is -2.51. The normalized spacial score (nSPS) is 19.1. The third kappa shape index (κ3) is 3.81. The summed E-state index contributed by atoms with van der Waals surface area (Å²) in [6.07, 6.45) is 0.968. The summed E-state index contributed by atoms with van der Waals surface area (Å²) in [5.41, 5.74) is 1.31. The SMILES string of the molecule is CC(Cc1ccccc1)N1CCN(S(=O)(=O)c2ccc3c(c2)OCO3)CC1. The summed E-state index contributed by atoms with van der Waals surface area (Å²) in [6.45, 7) is 4.80. The van der Waals surface area contributed by atoms with Crippen LogP contribution in [0.1, 0.15) is 12.5 Å². The first-order valence-corrected chi connectivity index (χ1v) is 10.7. The summed E-state index contributed by atoms with van der Waals surface area (Å²) >= 11 is 0. The van der Waals surface area contributed by atoms with Crippen molar-refractivity contribution in [2.75, 3.05) is 33.0 Å². The van der Waals surface area contributed by atoms with Gasteiger partial charge in [0.2, 0.25) is 16.8 Å². The van der Waals surface area contributed by atoms with Gasteiger partial charge in [0.15, 0.2) is 11.5 Å². The van der Waals surface area contributed by atoms with Crippen LogP contribution in [0, 0.1) is 0 Å². The van der Waals surface area contributed by atoms with E-state index < -0.39 is 10.0 Å². The molecule has 6 nitrogen and oxygen atoms in total. The molecule has 2 aromatic rings. The topological polar surface area (TPSA) is 59.1 Å². The van der Waals surface area contributed by atoms with E-state index in [0.717, 1.165) is 19.5 Å². The van der Waals surface area contributed by atoms with Gasteiger partial charge in [0.1, 0.15) is 0 Å². The highest BCUT2D eigenvalue weighted by Gasteiger charge is 2.31. The van der Waals surface area contributed by atoms with Crippen LogP contribution in [0.4, 0.5) is 0 Å². The van der Waals surface area contributed by atoms with E-state index in [-0.39, 0.29) is 11.7 Å². The minimum Gasteiger partial charge on any atom is -0.454 e. The van der Waals surface area contributed by atoms with Crippen LogP contribution in [0.25, 0.3) is 0 Å². The predicted octanol–water partition coefficient (Wildman–Crippen LogP) is 2.35. The molecular formula is C20H24N2O4S. The van der Waals surface area contributed by atoms with Gasteiger partial charge < -0.3 is 9.47 Å². The molecule has 144 valence electrons.